The molecule has 15 heavy (non-hydrogen) atoms. The SMILES string of the molecule is CCOC(=O)Nc1ccc(C)cc1OC. The summed E-state index contributed by atoms with van der Waals surface area (Å²) in [6, 6.07) is 5.52. The van der Waals surface area contributed by atoms with Gasteiger partial charge in [0.05, 0.1) is 19.4 Å². The summed E-state index contributed by atoms with van der Waals surface area (Å²) in [6.45, 7) is 4.06. The maximum atomic E-state index is 11.2. The van der Waals surface area contributed by atoms with Crippen LogP contribution >= 0.6 is 0 Å². The molecule has 0 saturated heterocycles. The van der Waals surface area contributed by atoms with Crippen LogP contribution in [0.3, 0.4) is 0 Å². The Kier molecular flexibility index (Phi) is 3.97. The zero-order chi connectivity index (χ0) is 11.3. The standard InChI is InChI=1S/C11H15NO3/c1-4-15-11(13)12-9-6-5-8(2)7-10(9)14-3/h5-7H,4H2,1-3H3,(H,12,13). The van der Waals surface area contributed by atoms with Gasteiger partial charge in [-0.25, -0.2) is 4.79 Å². The molecule has 1 N–H and O–H groups in total. The van der Waals surface area contributed by atoms with E-state index in [4.69, 9.17) is 9.47 Å². The van der Waals surface area contributed by atoms with Gasteiger partial charge in [0.15, 0.2) is 0 Å². The van der Waals surface area contributed by atoms with Crippen LogP contribution in [-0.4, -0.2) is 19.8 Å². The number of anilines is 1. The fourth-order valence-electron chi connectivity index (χ4n) is 1.18. The van der Waals surface area contributed by atoms with Crippen molar-refractivity contribution >= 4 is 11.8 Å². The molecule has 0 aliphatic rings. The number of methoxy groups -OCH3 is 1. The minimum absolute atomic E-state index is 0.347. The number of hydrogen-bond donors (Lipinski definition) is 1. The second-order valence-corrected chi connectivity index (χ2v) is 3.05. The van der Waals surface area contributed by atoms with E-state index in [1.807, 2.05) is 19.1 Å². The Morgan fingerprint density at radius 1 is 1.47 bits per heavy atom. The van der Waals surface area contributed by atoms with Crippen molar-refractivity contribution in [3.63, 3.8) is 0 Å². The van der Waals surface area contributed by atoms with Crippen LogP contribution in [0.15, 0.2) is 18.2 Å². The molecule has 0 aliphatic carbocycles. The molecule has 1 amide bonds. The Hall–Kier alpha value is -1.71. The van der Waals surface area contributed by atoms with Crippen LogP contribution in [-0.2, 0) is 4.74 Å². The van der Waals surface area contributed by atoms with Gasteiger partial charge in [0, 0.05) is 0 Å². The highest BCUT2D eigenvalue weighted by molar-refractivity contribution is 5.86. The summed E-state index contributed by atoms with van der Waals surface area (Å²) in [6.07, 6.45) is -0.473. The lowest BCUT2D eigenvalue weighted by Crippen LogP contribution is -2.13. The molecule has 4 nitrogen and oxygen atoms in total. The van der Waals surface area contributed by atoms with Crippen LogP contribution in [0.25, 0.3) is 0 Å². The number of carbonyl (C=O) groups is 1. The first-order valence-corrected chi connectivity index (χ1v) is 4.75. The third-order valence-corrected chi connectivity index (χ3v) is 1.87. The first-order valence-electron chi connectivity index (χ1n) is 4.75. The molecule has 82 valence electrons. The lowest BCUT2D eigenvalue weighted by Gasteiger charge is -2.10. The van der Waals surface area contributed by atoms with Crippen molar-refractivity contribution in [2.24, 2.45) is 0 Å². The van der Waals surface area contributed by atoms with Crippen LogP contribution in [0, 0.1) is 6.92 Å². The van der Waals surface area contributed by atoms with Gasteiger partial charge in [-0.05, 0) is 31.5 Å². The number of nitrogens with one attached hydrogen (secondary N) is 1. The highest BCUT2D eigenvalue weighted by Crippen LogP contribution is 2.25. The lowest BCUT2D eigenvalue weighted by molar-refractivity contribution is 0.168. The molecule has 0 aromatic heterocycles. The summed E-state index contributed by atoms with van der Waals surface area (Å²) in [5.74, 6) is 0.628. The van der Waals surface area contributed by atoms with Gasteiger partial charge in [-0.1, -0.05) is 6.07 Å². The van der Waals surface area contributed by atoms with E-state index in [1.54, 1.807) is 20.1 Å². The molecule has 0 fully saturated rings. The average Bonchev–Trinajstić information content (AvgIpc) is 2.21. The molecule has 0 heterocycles. The van der Waals surface area contributed by atoms with Crippen LogP contribution in [0.2, 0.25) is 0 Å². The summed E-state index contributed by atoms with van der Waals surface area (Å²) in [4.78, 5) is 11.2. The summed E-state index contributed by atoms with van der Waals surface area (Å²) < 4.78 is 9.90. The summed E-state index contributed by atoms with van der Waals surface area (Å²) in [5.41, 5.74) is 1.68. The third kappa shape index (κ3) is 3.16. The molecular weight excluding hydrogens is 194 g/mol. The van der Waals surface area contributed by atoms with E-state index in [2.05, 4.69) is 5.32 Å². The maximum Gasteiger partial charge on any atom is 0.411 e. The highest BCUT2D eigenvalue weighted by Gasteiger charge is 2.07. The Morgan fingerprint density at radius 2 is 2.20 bits per heavy atom. The number of amides is 1. The van der Waals surface area contributed by atoms with Gasteiger partial charge in [0.2, 0.25) is 0 Å². The van der Waals surface area contributed by atoms with Crippen LogP contribution in [0.5, 0.6) is 5.75 Å². The van der Waals surface area contributed by atoms with Crippen molar-refractivity contribution in [3.8, 4) is 5.75 Å². The predicted molar refractivity (Wildman–Crippen MR) is 58.4 cm³/mol. The molecule has 0 bridgehead atoms. The lowest BCUT2D eigenvalue weighted by atomic mass is 10.2. The number of benzene rings is 1. The van der Waals surface area contributed by atoms with Gasteiger partial charge in [-0.15, -0.1) is 0 Å². The van der Waals surface area contributed by atoms with Gasteiger partial charge in [-0.3, -0.25) is 5.32 Å². The van der Waals surface area contributed by atoms with Crippen molar-refractivity contribution in [1.29, 1.82) is 0 Å². The number of rotatable bonds is 3. The minimum atomic E-state index is -0.473. The highest BCUT2D eigenvalue weighted by atomic mass is 16.5. The van der Waals surface area contributed by atoms with Crippen LogP contribution in [0.1, 0.15) is 12.5 Å². The second-order valence-electron chi connectivity index (χ2n) is 3.05. The predicted octanol–water partition coefficient (Wildman–Crippen LogP) is 2.57. The molecule has 0 radical (unpaired) electrons. The Bertz CT molecular complexity index is 350. The Balaban J connectivity index is 2.80. The molecule has 0 unspecified atom stereocenters. The van der Waals surface area contributed by atoms with E-state index < -0.39 is 6.09 Å². The molecule has 4 heteroatoms. The van der Waals surface area contributed by atoms with Gasteiger partial charge in [-0.2, -0.15) is 0 Å². The smallest absolute Gasteiger partial charge is 0.411 e. The van der Waals surface area contributed by atoms with Gasteiger partial charge in [0.25, 0.3) is 0 Å². The van der Waals surface area contributed by atoms with Crippen molar-refractivity contribution < 1.29 is 14.3 Å². The average molecular weight is 209 g/mol. The van der Waals surface area contributed by atoms with Gasteiger partial charge < -0.3 is 9.47 Å². The van der Waals surface area contributed by atoms with E-state index in [-0.39, 0.29) is 0 Å². The van der Waals surface area contributed by atoms with E-state index >= 15 is 0 Å². The largest absolute Gasteiger partial charge is 0.495 e. The quantitative estimate of drug-likeness (QED) is 0.832. The number of carbonyl (C=O) groups excluding carboxylic acids is 1. The topological polar surface area (TPSA) is 47.6 Å². The van der Waals surface area contributed by atoms with Gasteiger partial charge >= 0.3 is 6.09 Å². The van der Waals surface area contributed by atoms with Gasteiger partial charge in [0.1, 0.15) is 5.75 Å². The van der Waals surface area contributed by atoms with E-state index in [0.717, 1.165) is 5.56 Å². The minimum Gasteiger partial charge on any atom is -0.495 e. The molecule has 1 rings (SSSR count). The van der Waals surface area contributed by atoms with Crippen molar-refractivity contribution in [3.05, 3.63) is 23.8 Å². The Labute approximate surface area is 89.2 Å². The van der Waals surface area contributed by atoms with Crippen molar-refractivity contribution in [2.75, 3.05) is 19.0 Å². The fourth-order valence-corrected chi connectivity index (χ4v) is 1.18. The first kappa shape index (κ1) is 11.4. The van der Waals surface area contributed by atoms with E-state index in [9.17, 15) is 4.79 Å². The molecule has 0 saturated carbocycles. The summed E-state index contributed by atoms with van der Waals surface area (Å²) in [5, 5.41) is 2.60. The molecule has 0 atom stereocenters. The third-order valence-electron chi connectivity index (χ3n) is 1.87. The first-order chi connectivity index (χ1) is 7.17. The van der Waals surface area contributed by atoms with Crippen LogP contribution < -0.4 is 10.1 Å². The molecule has 1 aromatic rings. The Morgan fingerprint density at radius 3 is 2.80 bits per heavy atom. The van der Waals surface area contributed by atoms with E-state index in [1.165, 1.54) is 0 Å². The molecule has 1 aromatic carbocycles. The second kappa shape index (κ2) is 5.24. The number of ether oxygens (including phenoxy) is 2. The monoisotopic (exact) mass is 209 g/mol. The molecule has 0 spiro atoms. The van der Waals surface area contributed by atoms with E-state index in [0.29, 0.717) is 18.0 Å². The summed E-state index contributed by atoms with van der Waals surface area (Å²) in [7, 11) is 1.56. The normalized spacial score (nSPS) is 9.53. The number of hydrogen-bond acceptors (Lipinski definition) is 3. The zero-order valence-electron chi connectivity index (χ0n) is 9.16. The molecular formula is C11H15NO3. The van der Waals surface area contributed by atoms with Crippen molar-refractivity contribution in [2.45, 2.75) is 13.8 Å². The van der Waals surface area contributed by atoms with Crippen LogP contribution in [0.4, 0.5) is 10.5 Å². The molecule has 0 aliphatic heterocycles. The zero-order valence-corrected chi connectivity index (χ0v) is 9.16. The fraction of sp³-hybridized carbons (Fsp3) is 0.364. The van der Waals surface area contributed by atoms with Crippen molar-refractivity contribution in [1.82, 2.24) is 0 Å². The maximum absolute atomic E-state index is 11.2. The number of aryl methyl sites for hydroxylation is 1. The summed E-state index contributed by atoms with van der Waals surface area (Å²) >= 11 is 0.